The summed E-state index contributed by atoms with van der Waals surface area (Å²) in [6.45, 7) is 3.27. The number of hydrogen-bond acceptors (Lipinski definition) is 4. The maximum absolute atomic E-state index is 12.2. The van der Waals surface area contributed by atoms with E-state index >= 15 is 0 Å². The minimum atomic E-state index is -0.0284. The van der Waals surface area contributed by atoms with Gasteiger partial charge in [0.05, 0.1) is 17.9 Å². The molecule has 3 heterocycles. The van der Waals surface area contributed by atoms with Gasteiger partial charge in [-0.1, -0.05) is 18.2 Å². The second-order valence-electron chi connectivity index (χ2n) is 7.02. The largest absolute Gasteiger partial charge is 0.352 e. The van der Waals surface area contributed by atoms with Gasteiger partial charge in [-0.2, -0.15) is 10.2 Å². The number of amides is 1. The number of nitrogens with zero attached hydrogens (tertiary/aromatic N) is 5. The van der Waals surface area contributed by atoms with Gasteiger partial charge in [0, 0.05) is 56.7 Å². The molecule has 140 valence electrons. The van der Waals surface area contributed by atoms with E-state index in [9.17, 15) is 4.79 Å². The smallest absolute Gasteiger partial charge is 0.251 e. The third-order valence-corrected chi connectivity index (χ3v) is 4.92. The first-order chi connectivity index (χ1) is 13.2. The van der Waals surface area contributed by atoms with E-state index in [-0.39, 0.29) is 11.9 Å². The molecule has 2 aromatic heterocycles. The summed E-state index contributed by atoms with van der Waals surface area (Å²) in [5.74, 6) is -0.0284. The van der Waals surface area contributed by atoms with E-state index in [1.807, 2.05) is 54.5 Å². The van der Waals surface area contributed by atoms with Crippen molar-refractivity contribution in [2.75, 3.05) is 13.1 Å². The number of benzene rings is 1. The third-order valence-electron chi connectivity index (χ3n) is 4.92. The molecule has 1 aliphatic rings. The van der Waals surface area contributed by atoms with E-state index in [0.717, 1.165) is 26.1 Å². The fraction of sp³-hybridized carbons (Fsp3) is 0.350. The Hall–Kier alpha value is -2.93. The number of aromatic nitrogens is 4. The standard InChI is InChI=1S/C20H24N6O/c1-24-12-16(11-23-24)13-25-14-18(26-19(15-25)8-10-22-26)7-9-21-20(27)17-5-3-2-4-6-17/h2-6,8,10-12,18H,7,9,13-15H2,1H3,(H,21,27). The molecular weight excluding hydrogens is 340 g/mol. The lowest BCUT2D eigenvalue weighted by Crippen LogP contribution is -2.38. The molecule has 7 heteroatoms. The molecular formula is C20H24N6O. The average molecular weight is 364 g/mol. The second kappa shape index (κ2) is 7.75. The summed E-state index contributed by atoms with van der Waals surface area (Å²) in [6.07, 6.45) is 6.68. The van der Waals surface area contributed by atoms with Gasteiger partial charge in [-0.15, -0.1) is 0 Å². The zero-order valence-corrected chi connectivity index (χ0v) is 15.5. The van der Waals surface area contributed by atoms with Crippen LogP contribution in [-0.4, -0.2) is 43.5 Å². The van der Waals surface area contributed by atoms with Gasteiger partial charge in [0.15, 0.2) is 0 Å². The van der Waals surface area contributed by atoms with Crippen LogP contribution in [0.2, 0.25) is 0 Å². The van der Waals surface area contributed by atoms with Crippen LogP contribution in [0.25, 0.3) is 0 Å². The Morgan fingerprint density at radius 3 is 2.85 bits per heavy atom. The highest BCUT2D eigenvalue weighted by Gasteiger charge is 2.25. The normalized spacial score (nSPS) is 16.9. The molecule has 4 rings (SSSR count). The minimum absolute atomic E-state index is 0.0284. The van der Waals surface area contributed by atoms with Crippen LogP contribution in [0, 0.1) is 0 Å². The predicted molar refractivity (Wildman–Crippen MR) is 102 cm³/mol. The summed E-state index contributed by atoms with van der Waals surface area (Å²) < 4.78 is 3.94. The van der Waals surface area contributed by atoms with Crippen LogP contribution < -0.4 is 5.32 Å². The maximum Gasteiger partial charge on any atom is 0.251 e. The van der Waals surface area contributed by atoms with Crippen LogP contribution in [0.15, 0.2) is 55.0 Å². The highest BCUT2D eigenvalue weighted by Crippen LogP contribution is 2.24. The van der Waals surface area contributed by atoms with Crippen molar-refractivity contribution in [1.82, 2.24) is 29.8 Å². The first kappa shape index (κ1) is 17.5. The summed E-state index contributed by atoms with van der Waals surface area (Å²) in [5, 5.41) is 11.8. The Morgan fingerprint density at radius 2 is 2.07 bits per heavy atom. The van der Waals surface area contributed by atoms with Crippen LogP contribution in [-0.2, 0) is 20.1 Å². The van der Waals surface area contributed by atoms with Gasteiger partial charge in [-0.25, -0.2) is 0 Å². The molecule has 7 nitrogen and oxygen atoms in total. The molecule has 1 aromatic carbocycles. The summed E-state index contributed by atoms with van der Waals surface area (Å²) in [5.41, 5.74) is 3.12. The molecule has 1 unspecified atom stereocenters. The lowest BCUT2D eigenvalue weighted by Gasteiger charge is -2.33. The van der Waals surface area contributed by atoms with Crippen LogP contribution in [0.1, 0.15) is 34.1 Å². The molecule has 1 atom stereocenters. The van der Waals surface area contributed by atoms with Crippen LogP contribution in [0.4, 0.5) is 0 Å². The van der Waals surface area contributed by atoms with Crippen molar-refractivity contribution >= 4 is 5.91 Å². The van der Waals surface area contributed by atoms with E-state index in [2.05, 4.69) is 37.4 Å². The number of nitrogens with one attached hydrogen (secondary N) is 1. The fourth-order valence-corrected chi connectivity index (χ4v) is 3.65. The van der Waals surface area contributed by atoms with Crippen molar-refractivity contribution < 1.29 is 4.79 Å². The van der Waals surface area contributed by atoms with Crippen LogP contribution in [0.3, 0.4) is 0 Å². The summed E-state index contributed by atoms with van der Waals surface area (Å²) in [6, 6.07) is 11.6. The number of carbonyl (C=O) groups is 1. The Morgan fingerprint density at radius 1 is 1.22 bits per heavy atom. The molecule has 0 aliphatic carbocycles. The van der Waals surface area contributed by atoms with Gasteiger partial charge in [0.25, 0.3) is 5.91 Å². The monoisotopic (exact) mass is 364 g/mol. The van der Waals surface area contributed by atoms with Gasteiger partial charge in [0.2, 0.25) is 0 Å². The highest BCUT2D eigenvalue weighted by atomic mass is 16.1. The first-order valence-electron chi connectivity index (χ1n) is 9.24. The highest BCUT2D eigenvalue weighted by molar-refractivity contribution is 5.94. The molecule has 1 amide bonds. The van der Waals surface area contributed by atoms with Gasteiger partial charge >= 0.3 is 0 Å². The number of hydrogen-bond donors (Lipinski definition) is 1. The van der Waals surface area contributed by atoms with Gasteiger partial charge < -0.3 is 5.32 Å². The number of rotatable bonds is 6. The van der Waals surface area contributed by atoms with E-state index in [4.69, 9.17) is 0 Å². The van der Waals surface area contributed by atoms with Gasteiger partial charge in [-0.3, -0.25) is 19.1 Å². The van der Waals surface area contributed by atoms with Crippen LogP contribution in [0.5, 0.6) is 0 Å². The zero-order valence-electron chi connectivity index (χ0n) is 15.5. The fourth-order valence-electron chi connectivity index (χ4n) is 3.65. The molecule has 0 radical (unpaired) electrons. The summed E-state index contributed by atoms with van der Waals surface area (Å²) in [4.78, 5) is 14.7. The van der Waals surface area contributed by atoms with E-state index in [1.165, 1.54) is 11.3 Å². The summed E-state index contributed by atoms with van der Waals surface area (Å²) in [7, 11) is 1.94. The van der Waals surface area contributed by atoms with Gasteiger partial charge in [-0.05, 0) is 24.6 Å². The van der Waals surface area contributed by atoms with Gasteiger partial charge in [0.1, 0.15) is 0 Å². The molecule has 0 saturated carbocycles. The zero-order chi connectivity index (χ0) is 18.6. The lowest BCUT2D eigenvalue weighted by atomic mass is 10.1. The molecule has 27 heavy (non-hydrogen) atoms. The maximum atomic E-state index is 12.2. The number of fused-ring (bicyclic) bond motifs is 1. The molecule has 1 N–H and O–H groups in total. The van der Waals surface area contributed by atoms with E-state index < -0.39 is 0 Å². The Labute approximate surface area is 158 Å². The Balaban J connectivity index is 1.37. The second-order valence-corrected chi connectivity index (χ2v) is 7.02. The van der Waals surface area contributed by atoms with E-state index in [0.29, 0.717) is 12.1 Å². The molecule has 1 aliphatic heterocycles. The number of carbonyl (C=O) groups excluding carboxylic acids is 1. The van der Waals surface area contributed by atoms with Crippen molar-refractivity contribution in [2.45, 2.75) is 25.6 Å². The van der Waals surface area contributed by atoms with Crippen molar-refractivity contribution in [3.8, 4) is 0 Å². The minimum Gasteiger partial charge on any atom is -0.352 e. The average Bonchev–Trinajstić information content (AvgIpc) is 3.31. The quantitative estimate of drug-likeness (QED) is 0.726. The van der Waals surface area contributed by atoms with E-state index in [1.54, 1.807) is 0 Å². The topological polar surface area (TPSA) is 68.0 Å². The van der Waals surface area contributed by atoms with Crippen molar-refractivity contribution in [3.63, 3.8) is 0 Å². The SMILES string of the molecule is Cn1cc(CN2Cc3ccnn3C(CCNC(=O)c3ccccc3)C2)cn1. The Bertz CT molecular complexity index is 900. The van der Waals surface area contributed by atoms with Crippen molar-refractivity contribution in [3.05, 3.63) is 71.8 Å². The lowest BCUT2D eigenvalue weighted by molar-refractivity contribution is 0.0947. The molecule has 0 bridgehead atoms. The molecule has 3 aromatic rings. The van der Waals surface area contributed by atoms with Crippen molar-refractivity contribution in [1.29, 1.82) is 0 Å². The first-order valence-corrected chi connectivity index (χ1v) is 9.24. The third kappa shape index (κ3) is 4.09. The predicted octanol–water partition coefficient (Wildman–Crippen LogP) is 1.99. The number of aryl methyl sites for hydroxylation is 1. The molecule has 0 saturated heterocycles. The summed E-state index contributed by atoms with van der Waals surface area (Å²) >= 11 is 0. The van der Waals surface area contributed by atoms with Crippen LogP contribution >= 0.6 is 0 Å². The molecule has 0 spiro atoms. The van der Waals surface area contributed by atoms with Crippen molar-refractivity contribution in [2.24, 2.45) is 7.05 Å². The Kier molecular flexibility index (Phi) is 5.02. The molecule has 0 fully saturated rings.